The SMILES string of the molecule is CC(C)CCNC(=O)N1CCN(C)c2ccccc21. The highest BCUT2D eigenvalue weighted by Gasteiger charge is 2.24. The number of rotatable bonds is 3. The third-order valence-electron chi connectivity index (χ3n) is 3.49. The highest BCUT2D eigenvalue weighted by molar-refractivity contribution is 5.96. The van der Waals surface area contributed by atoms with E-state index in [4.69, 9.17) is 0 Å². The van der Waals surface area contributed by atoms with Crippen molar-refractivity contribution >= 4 is 17.4 Å². The van der Waals surface area contributed by atoms with Crippen molar-refractivity contribution in [2.75, 3.05) is 36.5 Å². The molecule has 2 rings (SSSR count). The number of hydrogen-bond acceptors (Lipinski definition) is 2. The lowest BCUT2D eigenvalue weighted by molar-refractivity contribution is 0.245. The average molecular weight is 261 g/mol. The van der Waals surface area contributed by atoms with Gasteiger partial charge in [-0.15, -0.1) is 0 Å². The van der Waals surface area contributed by atoms with Gasteiger partial charge in [-0.05, 0) is 24.5 Å². The maximum atomic E-state index is 12.2. The number of amides is 2. The molecule has 0 unspecified atom stereocenters. The molecule has 104 valence electrons. The summed E-state index contributed by atoms with van der Waals surface area (Å²) in [6, 6.07) is 8.07. The van der Waals surface area contributed by atoms with Crippen LogP contribution in [0, 0.1) is 5.92 Å². The number of hydrogen-bond donors (Lipinski definition) is 1. The minimum absolute atomic E-state index is 0.0150. The number of nitrogens with one attached hydrogen (secondary N) is 1. The molecule has 1 aromatic carbocycles. The molecule has 0 atom stereocenters. The number of carbonyl (C=O) groups excluding carboxylic acids is 1. The molecule has 19 heavy (non-hydrogen) atoms. The summed E-state index contributed by atoms with van der Waals surface area (Å²) in [4.78, 5) is 16.3. The predicted molar refractivity (Wildman–Crippen MR) is 79.9 cm³/mol. The molecule has 0 saturated carbocycles. The number of likely N-dealkylation sites (N-methyl/N-ethyl adjacent to an activating group) is 1. The Kier molecular flexibility index (Phi) is 4.30. The Hall–Kier alpha value is -1.71. The van der Waals surface area contributed by atoms with E-state index in [9.17, 15) is 4.79 Å². The van der Waals surface area contributed by atoms with Gasteiger partial charge in [0.15, 0.2) is 0 Å². The van der Waals surface area contributed by atoms with Crippen molar-refractivity contribution in [1.29, 1.82) is 0 Å². The number of urea groups is 1. The molecule has 4 nitrogen and oxygen atoms in total. The van der Waals surface area contributed by atoms with E-state index in [1.165, 1.54) is 0 Å². The van der Waals surface area contributed by atoms with E-state index in [2.05, 4.69) is 37.2 Å². The first-order valence-corrected chi connectivity index (χ1v) is 6.95. The molecular formula is C15H23N3O. The Bertz CT molecular complexity index is 445. The first-order chi connectivity index (χ1) is 9.09. The molecule has 1 N–H and O–H groups in total. The maximum Gasteiger partial charge on any atom is 0.322 e. The summed E-state index contributed by atoms with van der Waals surface area (Å²) < 4.78 is 0. The molecule has 0 aliphatic carbocycles. The molecule has 0 radical (unpaired) electrons. The molecule has 1 aliphatic rings. The van der Waals surface area contributed by atoms with Crippen LogP contribution in [-0.2, 0) is 0 Å². The summed E-state index contributed by atoms with van der Waals surface area (Å²) >= 11 is 0. The standard InChI is InChI=1S/C15H23N3O/c1-12(2)8-9-16-15(19)18-11-10-17(3)13-6-4-5-7-14(13)18/h4-7,12H,8-11H2,1-3H3,(H,16,19). The monoisotopic (exact) mass is 261 g/mol. The Morgan fingerprint density at radius 2 is 1.95 bits per heavy atom. The number of nitrogens with zero attached hydrogens (tertiary/aromatic N) is 2. The van der Waals surface area contributed by atoms with Crippen molar-refractivity contribution in [3.63, 3.8) is 0 Å². The van der Waals surface area contributed by atoms with Gasteiger partial charge in [0, 0.05) is 26.7 Å². The molecule has 0 fully saturated rings. The van der Waals surface area contributed by atoms with Gasteiger partial charge in [0.05, 0.1) is 11.4 Å². The van der Waals surface area contributed by atoms with Crippen LogP contribution in [-0.4, -0.2) is 32.7 Å². The smallest absolute Gasteiger partial charge is 0.322 e. The van der Waals surface area contributed by atoms with Gasteiger partial charge in [0.1, 0.15) is 0 Å². The van der Waals surface area contributed by atoms with Crippen molar-refractivity contribution < 1.29 is 4.79 Å². The van der Waals surface area contributed by atoms with E-state index < -0.39 is 0 Å². The molecule has 1 aliphatic heterocycles. The fourth-order valence-electron chi connectivity index (χ4n) is 2.28. The Labute approximate surface area is 115 Å². The quantitative estimate of drug-likeness (QED) is 0.908. The summed E-state index contributed by atoms with van der Waals surface area (Å²) in [5.41, 5.74) is 2.12. The topological polar surface area (TPSA) is 35.6 Å². The van der Waals surface area contributed by atoms with Crippen molar-refractivity contribution in [3.8, 4) is 0 Å². The molecule has 1 heterocycles. The third kappa shape index (κ3) is 3.19. The van der Waals surface area contributed by atoms with Crippen molar-refractivity contribution in [2.45, 2.75) is 20.3 Å². The molecule has 1 aromatic rings. The molecule has 0 aromatic heterocycles. The normalized spacial score (nSPS) is 14.5. The molecule has 4 heteroatoms. The maximum absolute atomic E-state index is 12.2. The second kappa shape index (κ2) is 5.95. The second-order valence-corrected chi connectivity index (χ2v) is 5.48. The van der Waals surface area contributed by atoms with Crippen LogP contribution in [0.5, 0.6) is 0 Å². The minimum Gasteiger partial charge on any atom is -0.371 e. The average Bonchev–Trinajstić information content (AvgIpc) is 2.39. The van der Waals surface area contributed by atoms with Crippen molar-refractivity contribution in [3.05, 3.63) is 24.3 Å². The van der Waals surface area contributed by atoms with Crippen LogP contribution in [0.4, 0.5) is 16.2 Å². The van der Waals surface area contributed by atoms with Crippen LogP contribution in [0.15, 0.2) is 24.3 Å². The van der Waals surface area contributed by atoms with Gasteiger partial charge >= 0.3 is 6.03 Å². The van der Waals surface area contributed by atoms with Gasteiger partial charge in [-0.25, -0.2) is 4.79 Å². The summed E-state index contributed by atoms with van der Waals surface area (Å²) in [7, 11) is 2.06. The fraction of sp³-hybridized carbons (Fsp3) is 0.533. The zero-order valence-corrected chi connectivity index (χ0v) is 12.0. The first kappa shape index (κ1) is 13.7. The number of fused-ring (bicyclic) bond motifs is 1. The largest absolute Gasteiger partial charge is 0.371 e. The van der Waals surface area contributed by atoms with Crippen LogP contribution in [0.2, 0.25) is 0 Å². The van der Waals surface area contributed by atoms with Gasteiger partial charge in [-0.2, -0.15) is 0 Å². The third-order valence-corrected chi connectivity index (χ3v) is 3.49. The molecular weight excluding hydrogens is 238 g/mol. The number of benzene rings is 1. The van der Waals surface area contributed by atoms with Crippen LogP contribution >= 0.6 is 0 Å². The van der Waals surface area contributed by atoms with Crippen LogP contribution in [0.1, 0.15) is 20.3 Å². The minimum atomic E-state index is 0.0150. The second-order valence-electron chi connectivity index (χ2n) is 5.48. The molecule has 2 amide bonds. The van der Waals surface area contributed by atoms with E-state index in [0.717, 1.165) is 37.4 Å². The van der Waals surface area contributed by atoms with Gasteiger partial charge in [-0.1, -0.05) is 26.0 Å². The zero-order valence-electron chi connectivity index (χ0n) is 12.0. The molecule has 0 spiro atoms. The van der Waals surface area contributed by atoms with Gasteiger partial charge in [0.25, 0.3) is 0 Å². The lowest BCUT2D eigenvalue weighted by Crippen LogP contribution is -2.47. The van der Waals surface area contributed by atoms with E-state index >= 15 is 0 Å². The van der Waals surface area contributed by atoms with Gasteiger partial charge < -0.3 is 10.2 Å². The Morgan fingerprint density at radius 1 is 1.26 bits per heavy atom. The molecule has 0 saturated heterocycles. The zero-order chi connectivity index (χ0) is 13.8. The summed E-state index contributed by atoms with van der Waals surface area (Å²) in [6.45, 7) is 6.68. The Morgan fingerprint density at radius 3 is 2.63 bits per heavy atom. The van der Waals surface area contributed by atoms with Gasteiger partial charge in [-0.3, -0.25) is 4.90 Å². The number of anilines is 2. The number of para-hydroxylation sites is 2. The fourth-order valence-corrected chi connectivity index (χ4v) is 2.28. The van der Waals surface area contributed by atoms with Crippen molar-refractivity contribution in [2.24, 2.45) is 5.92 Å². The Balaban J connectivity index is 2.05. The van der Waals surface area contributed by atoms with Crippen LogP contribution in [0.25, 0.3) is 0 Å². The summed E-state index contributed by atoms with van der Waals surface area (Å²) in [5.74, 6) is 0.611. The predicted octanol–water partition coefficient (Wildman–Crippen LogP) is 2.70. The van der Waals surface area contributed by atoms with Crippen molar-refractivity contribution in [1.82, 2.24) is 5.32 Å². The summed E-state index contributed by atoms with van der Waals surface area (Å²) in [5, 5.41) is 3.01. The summed E-state index contributed by atoms with van der Waals surface area (Å²) in [6.07, 6.45) is 1.02. The van der Waals surface area contributed by atoms with E-state index in [1.54, 1.807) is 0 Å². The van der Waals surface area contributed by atoms with E-state index in [-0.39, 0.29) is 6.03 Å². The highest BCUT2D eigenvalue weighted by atomic mass is 16.2. The molecule has 0 bridgehead atoms. The van der Waals surface area contributed by atoms with E-state index in [0.29, 0.717) is 5.92 Å². The van der Waals surface area contributed by atoms with Gasteiger partial charge in [0.2, 0.25) is 0 Å². The van der Waals surface area contributed by atoms with Crippen LogP contribution in [0.3, 0.4) is 0 Å². The number of carbonyl (C=O) groups is 1. The first-order valence-electron chi connectivity index (χ1n) is 6.95. The lowest BCUT2D eigenvalue weighted by atomic mass is 10.1. The highest BCUT2D eigenvalue weighted by Crippen LogP contribution is 2.31. The van der Waals surface area contributed by atoms with E-state index in [1.807, 2.05) is 23.1 Å². The van der Waals surface area contributed by atoms with Crippen LogP contribution < -0.4 is 15.1 Å². The lowest BCUT2D eigenvalue weighted by Gasteiger charge is -2.35.